The Kier molecular flexibility index (Phi) is 33.9. The number of amides is 13. The van der Waals surface area contributed by atoms with E-state index in [1.165, 1.54) is 21.6 Å². The Morgan fingerprint density at radius 1 is 0.537 bits per heavy atom. The van der Waals surface area contributed by atoms with E-state index < -0.39 is 169 Å². The van der Waals surface area contributed by atoms with Crippen molar-refractivity contribution in [3.05, 3.63) is 71.8 Å². The van der Waals surface area contributed by atoms with Crippen LogP contribution in [0, 0.1) is 5.92 Å². The molecule has 2 fully saturated rings. The van der Waals surface area contributed by atoms with E-state index in [0.717, 1.165) is 0 Å². The topological polar surface area (TPSA) is 519 Å². The van der Waals surface area contributed by atoms with E-state index >= 15 is 0 Å². The first-order valence-corrected chi connectivity index (χ1v) is 33.6. The van der Waals surface area contributed by atoms with Gasteiger partial charge in [-0.3, -0.25) is 67.3 Å². The van der Waals surface area contributed by atoms with Gasteiger partial charge < -0.3 is 92.5 Å². The molecule has 31 nitrogen and oxygen atoms in total. The molecule has 0 aliphatic carbocycles. The molecular weight excluding hydrogens is 1250 g/mol. The largest absolute Gasteiger partial charge is 0.370 e. The van der Waals surface area contributed by atoms with Crippen molar-refractivity contribution >= 4 is 94.5 Å². The lowest BCUT2D eigenvalue weighted by Gasteiger charge is -2.32. The monoisotopic (exact) mass is 1350 g/mol. The van der Waals surface area contributed by atoms with Gasteiger partial charge in [0.15, 0.2) is 5.96 Å². The second kappa shape index (κ2) is 41.0. The SMILES string of the molecule is CSCC[C@H](NC(=O)[C@@H](CC(C)C)NC(=O)CNC(=O)[C@@H](Cc1ccccc1)NC(=O)[C@H](Cc1ccccc1)NC(=O)[C@H](CCC(N)=O)NC(=O)[C@H](CCC(N)=O)NC(=O)[C@H]1CCCN1C(=O)[C@H](CCCCN)NC(=O)[C@@H]1CCCN1C(=O)[C@@H](N)CCCN=C(N)N)C(N)=O. The van der Waals surface area contributed by atoms with E-state index in [4.69, 9.17) is 40.1 Å². The Morgan fingerprint density at radius 3 is 1.51 bits per heavy atom. The second-order valence-corrected chi connectivity index (χ2v) is 25.1. The molecule has 0 unspecified atom stereocenters. The molecule has 4 rings (SSSR count). The molecule has 2 aliphatic heterocycles. The number of nitrogens with two attached hydrogens (primary N) is 7. The fourth-order valence-electron chi connectivity index (χ4n) is 11.0. The van der Waals surface area contributed by atoms with Crippen LogP contribution >= 0.6 is 11.8 Å². The Hall–Kier alpha value is -8.91. The standard InChI is InChI=1S/C63H98N18O13S/c1-37(2)33-45(57(89)74-41(53(68)85)27-32-95-3)73-52(84)36-72-54(86)46(34-38-15-6-4-7-16-38)78-58(90)47(35-39-17-8-5-9-18-39)79-56(88)42(23-25-50(66)82)75-55(87)43(24-26-51(67)83)76-59(91)49-22-14-31-81(49)62(94)44(20-10-11-28-64)77-60(92)48-21-13-30-80(48)61(93)40(65)19-12-29-71-63(69)70/h4-9,15-18,37,40-49H,10-14,19-36,64-65H2,1-3H3,(H2,66,82)(H2,67,83)(H2,68,85)(H,72,86)(H,73,84)(H,74,89)(H,75,87)(H,76,91)(H,77,92)(H,78,90)(H,79,88)(H4,69,70,71)/t40-,41-,42-,43-,44-,45+,46+,47-,48-,49+/m0/s1. The van der Waals surface area contributed by atoms with Gasteiger partial charge in [-0.05, 0) is 119 Å². The molecular formula is C63H98N18O13S. The highest BCUT2D eigenvalue weighted by atomic mass is 32.2. The fourth-order valence-corrected chi connectivity index (χ4v) is 11.5. The van der Waals surface area contributed by atoms with Crippen LogP contribution in [0.15, 0.2) is 65.7 Å². The van der Waals surface area contributed by atoms with Crippen LogP contribution in [0.25, 0.3) is 0 Å². The van der Waals surface area contributed by atoms with Crippen LogP contribution in [-0.2, 0) is 75.2 Å². The maximum Gasteiger partial charge on any atom is 0.245 e. The number of thioether (sulfide) groups is 1. The number of unbranched alkanes of at least 4 members (excludes halogenated alkanes) is 1. The van der Waals surface area contributed by atoms with Crippen molar-refractivity contribution in [2.24, 2.45) is 51.0 Å². The van der Waals surface area contributed by atoms with E-state index in [9.17, 15) is 62.3 Å². The summed E-state index contributed by atoms with van der Waals surface area (Å²) >= 11 is 1.45. The molecule has 0 saturated carbocycles. The quantitative estimate of drug-likeness (QED) is 0.0173. The van der Waals surface area contributed by atoms with Gasteiger partial charge in [0.05, 0.1) is 12.6 Å². The number of hydrogen-bond acceptors (Lipinski definition) is 17. The molecule has 2 aliphatic rings. The van der Waals surface area contributed by atoms with Gasteiger partial charge in [0, 0.05) is 45.3 Å². The molecule has 2 aromatic carbocycles. The number of rotatable bonds is 42. The molecule has 0 spiro atoms. The van der Waals surface area contributed by atoms with Crippen LogP contribution < -0.4 is 82.7 Å². The van der Waals surface area contributed by atoms with Crippen LogP contribution in [-0.4, -0.2) is 198 Å². The van der Waals surface area contributed by atoms with Gasteiger partial charge in [-0.2, -0.15) is 11.8 Å². The van der Waals surface area contributed by atoms with E-state index in [-0.39, 0.29) is 83.0 Å². The zero-order valence-electron chi connectivity index (χ0n) is 54.5. The summed E-state index contributed by atoms with van der Waals surface area (Å²) in [6, 6.07) is 4.51. The molecule has 0 bridgehead atoms. The predicted molar refractivity (Wildman–Crippen MR) is 356 cm³/mol. The minimum Gasteiger partial charge on any atom is -0.370 e. The van der Waals surface area contributed by atoms with Crippen LogP contribution in [0.1, 0.15) is 121 Å². The molecule has 2 heterocycles. The summed E-state index contributed by atoms with van der Waals surface area (Å²) < 4.78 is 0. The number of carbonyl (C=O) groups excluding carboxylic acids is 13. The zero-order chi connectivity index (χ0) is 70.1. The fraction of sp³-hybridized carbons (Fsp3) is 0.587. The molecule has 2 saturated heterocycles. The zero-order valence-corrected chi connectivity index (χ0v) is 55.3. The molecule has 32 heteroatoms. The Balaban J connectivity index is 1.56. The van der Waals surface area contributed by atoms with E-state index in [1.807, 2.05) is 20.1 Å². The number of guanidine groups is 1. The summed E-state index contributed by atoms with van der Waals surface area (Å²) in [5.74, 6) is -9.80. The number of nitrogens with zero attached hydrogens (tertiary/aromatic N) is 3. The molecule has 2 aromatic rings. The van der Waals surface area contributed by atoms with Gasteiger partial charge >= 0.3 is 0 Å². The maximum absolute atomic E-state index is 14.7. The smallest absolute Gasteiger partial charge is 0.245 e. The summed E-state index contributed by atoms with van der Waals surface area (Å²) in [6.45, 7) is 3.86. The van der Waals surface area contributed by atoms with Crippen molar-refractivity contribution in [3.8, 4) is 0 Å². The van der Waals surface area contributed by atoms with E-state index in [1.54, 1.807) is 60.7 Å². The summed E-state index contributed by atoms with van der Waals surface area (Å²) in [4.78, 5) is 185. The van der Waals surface area contributed by atoms with Gasteiger partial charge in [0.25, 0.3) is 0 Å². The number of nitrogens with one attached hydrogen (secondary N) is 8. The van der Waals surface area contributed by atoms with Gasteiger partial charge in [0.1, 0.15) is 54.4 Å². The summed E-state index contributed by atoms with van der Waals surface area (Å²) in [6.07, 6.45) is 3.12. The minimum absolute atomic E-state index is 0.0736. The normalized spacial score (nSPS) is 16.8. The lowest BCUT2D eigenvalue weighted by Crippen LogP contribution is -2.60. The van der Waals surface area contributed by atoms with Crippen molar-refractivity contribution in [3.63, 3.8) is 0 Å². The lowest BCUT2D eigenvalue weighted by molar-refractivity contribution is -0.144. The number of aliphatic imine (C=N–C) groups is 1. The van der Waals surface area contributed by atoms with Crippen molar-refractivity contribution in [2.75, 3.05) is 44.7 Å². The summed E-state index contributed by atoms with van der Waals surface area (Å²) in [5.41, 5.74) is 40.6. The number of likely N-dealkylation sites (tertiary alicyclic amines) is 2. The maximum atomic E-state index is 14.7. The first kappa shape index (κ1) is 78.5. The summed E-state index contributed by atoms with van der Waals surface area (Å²) in [7, 11) is 0. The first-order valence-electron chi connectivity index (χ1n) is 32.2. The average molecular weight is 1350 g/mol. The molecule has 0 radical (unpaired) electrons. The molecule has 22 N–H and O–H groups in total. The van der Waals surface area contributed by atoms with Crippen molar-refractivity contribution in [2.45, 2.75) is 183 Å². The third kappa shape index (κ3) is 27.5. The number of primary amides is 3. The third-order valence-corrected chi connectivity index (χ3v) is 16.7. The van der Waals surface area contributed by atoms with Crippen LogP contribution in [0.4, 0.5) is 0 Å². The number of hydrogen-bond donors (Lipinski definition) is 15. The highest BCUT2D eigenvalue weighted by Gasteiger charge is 2.42. The van der Waals surface area contributed by atoms with Crippen molar-refractivity contribution in [1.29, 1.82) is 0 Å². The van der Waals surface area contributed by atoms with Gasteiger partial charge in [-0.15, -0.1) is 0 Å². The van der Waals surface area contributed by atoms with Gasteiger partial charge in [0.2, 0.25) is 76.8 Å². The predicted octanol–water partition coefficient (Wildman–Crippen LogP) is -3.71. The molecule has 524 valence electrons. The Morgan fingerprint density at radius 2 is 1.01 bits per heavy atom. The van der Waals surface area contributed by atoms with E-state index in [0.29, 0.717) is 55.4 Å². The molecule has 10 atom stereocenters. The molecule has 0 aromatic heterocycles. The van der Waals surface area contributed by atoms with Crippen molar-refractivity contribution in [1.82, 2.24) is 52.3 Å². The highest BCUT2D eigenvalue weighted by Crippen LogP contribution is 2.24. The van der Waals surface area contributed by atoms with Gasteiger partial charge in [-0.25, -0.2) is 0 Å². The average Bonchev–Trinajstić information content (AvgIpc) is 1.74. The number of carbonyl (C=O) groups is 13. The Bertz CT molecular complexity index is 2960. The first-order chi connectivity index (χ1) is 45.2. The lowest BCUT2D eigenvalue weighted by atomic mass is 10.0. The third-order valence-electron chi connectivity index (χ3n) is 16.0. The minimum atomic E-state index is -1.64. The van der Waals surface area contributed by atoms with Crippen LogP contribution in [0.5, 0.6) is 0 Å². The highest BCUT2D eigenvalue weighted by molar-refractivity contribution is 7.98. The van der Waals surface area contributed by atoms with Crippen molar-refractivity contribution < 1.29 is 62.3 Å². The molecule has 13 amide bonds. The Labute approximate surface area is 558 Å². The second-order valence-electron chi connectivity index (χ2n) is 24.1. The summed E-state index contributed by atoms with van der Waals surface area (Å²) in [5, 5.41) is 21.1. The van der Waals surface area contributed by atoms with Crippen LogP contribution in [0.2, 0.25) is 0 Å². The van der Waals surface area contributed by atoms with Gasteiger partial charge in [-0.1, -0.05) is 74.5 Å². The number of benzene rings is 2. The molecule has 95 heavy (non-hydrogen) atoms. The van der Waals surface area contributed by atoms with Crippen LogP contribution in [0.3, 0.4) is 0 Å². The van der Waals surface area contributed by atoms with E-state index in [2.05, 4.69) is 47.5 Å².